The Balaban J connectivity index is 1.41. The lowest BCUT2D eigenvalue weighted by Gasteiger charge is -2.26. The van der Waals surface area contributed by atoms with Gasteiger partial charge in [-0.15, -0.1) is 0 Å². The molecule has 1 unspecified atom stereocenters. The third-order valence-electron chi connectivity index (χ3n) is 4.67. The molecular formula is C20H18FN3O4. The number of fused-ring (bicyclic) bond motifs is 1. The zero-order valence-corrected chi connectivity index (χ0v) is 15.1. The smallest absolute Gasteiger partial charge is 0.414 e. The molecule has 0 amide bonds. The molecule has 28 heavy (non-hydrogen) atoms. The maximum Gasteiger partial charge on any atom is 0.414 e. The summed E-state index contributed by atoms with van der Waals surface area (Å²) in [5.74, 6) is -0.497. The van der Waals surface area contributed by atoms with Gasteiger partial charge in [0.1, 0.15) is 24.7 Å². The van der Waals surface area contributed by atoms with Gasteiger partial charge in [-0.3, -0.25) is 4.57 Å². The van der Waals surface area contributed by atoms with Crippen LogP contribution in [0.5, 0.6) is 6.01 Å². The van der Waals surface area contributed by atoms with Crippen molar-refractivity contribution in [2.75, 3.05) is 6.61 Å². The van der Waals surface area contributed by atoms with E-state index < -0.39 is 4.92 Å². The topological polar surface area (TPSA) is 79.4 Å². The number of nitro groups is 1. The van der Waals surface area contributed by atoms with E-state index in [9.17, 15) is 14.5 Å². The van der Waals surface area contributed by atoms with Gasteiger partial charge < -0.3 is 19.6 Å². The third kappa shape index (κ3) is 3.72. The van der Waals surface area contributed by atoms with Crippen molar-refractivity contribution < 1.29 is 18.8 Å². The number of nitrogens with zero attached hydrogens (tertiary/aromatic N) is 3. The van der Waals surface area contributed by atoms with Crippen LogP contribution in [-0.2, 0) is 11.3 Å². The number of halogens is 1. The minimum Gasteiger partial charge on any atom is -0.443 e. The Morgan fingerprint density at radius 2 is 1.86 bits per heavy atom. The molecule has 7 nitrogen and oxygen atoms in total. The van der Waals surface area contributed by atoms with Crippen molar-refractivity contribution in [1.82, 2.24) is 9.55 Å². The molecule has 0 saturated carbocycles. The van der Waals surface area contributed by atoms with Gasteiger partial charge in [-0.1, -0.05) is 36.4 Å². The highest BCUT2D eigenvalue weighted by Crippen LogP contribution is 2.27. The Hall–Kier alpha value is -3.26. The minimum atomic E-state index is -0.546. The second kappa shape index (κ2) is 7.40. The molecule has 2 aromatic carbocycles. The van der Waals surface area contributed by atoms with Gasteiger partial charge in [0.2, 0.25) is 0 Å². The Labute approximate surface area is 160 Å². The molecule has 2 atom stereocenters. The van der Waals surface area contributed by atoms with Crippen LogP contribution in [0, 0.1) is 15.9 Å². The number of aromatic nitrogens is 2. The molecule has 1 aliphatic rings. The Kier molecular flexibility index (Phi) is 4.79. The summed E-state index contributed by atoms with van der Waals surface area (Å²) >= 11 is 0. The first kappa shape index (κ1) is 18.1. The zero-order valence-electron chi connectivity index (χ0n) is 15.1. The second-order valence-electron chi connectivity index (χ2n) is 6.63. The van der Waals surface area contributed by atoms with Crippen LogP contribution in [-0.4, -0.2) is 27.2 Å². The maximum atomic E-state index is 13.1. The quantitative estimate of drug-likeness (QED) is 0.489. The van der Waals surface area contributed by atoms with Crippen molar-refractivity contribution in [2.45, 2.75) is 25.7 Å². The van der Waals surface area contributed by atoms with Crippen molar-refractivity contribution in [1.29, 1.82) is 0 Å². The first-order valence-electron chi connectivity index (χ1n) is 8.85. The standard InChI is InChI=1S/C20H18FN3O4/c1-13(14-2-4-15(5-3-14)16-6-8-17(21)9-7-16)28-18-10-23-11-19(24(25)26)22-20(23)27-12-18/h2-9,11,13,18H,10,12H2,1H3/t13?,18-/m0/s1. The van der Waals surface area contributed by atoms with Gasteiger partial charge in [-0.25, -0.2) is 4.39 Å². The average molecular weight is 383 g/mol. The summed E-state index contributed by atoms with van der Waals surface area (Å²) in [5.41, 5.74) is 2.93. The molecule has 3 aromatic rings. The number of ether oxygens (including phenoxy) is 2. The molecule has 2 heterocycles. The lowest BCUT2D eigenvalue weighted by molar-refractivity contribution is -0.389. The predicted octanol–water partition coefficient (Wildman–Crippen LogP) is 4.14. The fourth-order valence-corrected chi connectivity index (χ4v) is 3.20. The fourth-order valence-electron chi connectivity index (χ4n) is 3.20. The molecule has 0 saturated heterocycles. The van der Waals surface area contributed by atoms with E-state index in [2.05, 4.69) is 4.98 Å². The lowest BCUT2D eigenvalue weighted by Crippen LogP contribution is -2.32. The van der Waals surface area contributed by atoms with Crippen LogP contribution in [0.15, 0.2) is 54.7 Å². The van der Waals surface area contributed by atoms with Gasteiger partial charge in [-0.05, 0) is 40.7 Å². The highest BCUT2D eigenvalue weighted by atomic mass is 19.1. The van der Waals surface area contributed by atoms with E-state index in [-0.39, 0.29) is 36.5 Å². The summed E-state index contributed by atoms with van der Waals surface area (Å²) in [5, 5.41) is 10.8. The molecule has 1 aromatic heterocycles. The summed E-state index contributed by atoms with van der Waals surface area (Å²) in [4.78, 5) is 14.1. The fraction of sp³-hybridized carbons (Fsp3) is 0.250. The predicted molar refractivity (Wildman–Crippen MR) is 99.5 cm³/mol. The van der Waals surface area contributed by atoms with Crippen molar-refractivity contribution in [3.05, 3.63) is 76.2 Å². The Morgan fingerprint density at radius 3 is 2.50 bits per heavy atom. The van der Waals surface area contributed by atoms with Crippen LogP contribution in [0.25, 0.3) is 11.1 Å². The van der Waals surface area contributed by atoms with Crippen LogP contribution in [0.2, 0.25) is 0 Å². The summed E-state index contributed by atoms with van der Waals surface area (Å²) in [7, 11) is 0. The van der Waals surface area contributed by atoms with E-state index >= 15 is 0 Å². The summed E-state index contributed by atoms with van der Waals surface area (Å²) in [6.07, 6.45) is 0.927. The van der Waals surface area contributed by atoms with Crippen molar-refractivity contribution >= 4 is 5.82 Å². The Morgan fingerprint density at radius 1 is 1.21 bits per heavy atom. The number of hydrogen-bond donors (Lipinski definition) is 0. The van der Waals surface area contributed by atoms with Crippen LogP contribution < -0.4 is 4.74 Å². The van der Waals surface area contributed by atoms with Gasteiger partial charge in [0, 0.05) is 4.98 Å². The van der Waals surface area contributed by atoms with Crippen molar-refractivity contribution in [2.24, 2.45) is 0 Å². The Bertz CT molecular complexity index is 986. The number of rotatable bonds is 5. The summed E-state index contributed by atoms with van der Waals surface area (Å²) in [6.45, 7) is 2.67. The molecule has 4 rings (SSSR count). The summed E-state index contributed by atoms with van der Waals surface area (Å²) < 4.78 is 26.2. The molecule has 1 aliphatic heterocycles. The molecular weight excluding hydrogens is 365 g/mol. The van der Waals surface area contributed by atoms with E-state index in [0.717, 1.165) is 16.7 Å². The SMILES string of the molecule is CC(O[C@@H]1COc2nc([N+](=O)[O-])cn2C1)c1ccc(-c2ccc(F)cc2)cc1. The molecule has 0 fully saturated rings. The zero-order chi connectivity index (χ0) is 19.7. The summed E-state index contributed by atoms with van der Waals surface area (Å²) in [6, 6.07) is 14.5. The van der Waals surface area contributed by atoms with E-state index in [1.54, 1.807) is 16.7 Å². The first-order chi connectivity index (χ1) is 13.5. The highest BCUT2D eigenvalue weighted by Gasteiger charge is 2.29. The van der Waals surface area contributed by atoms with E-state index in [4.69, 9.17) is 9.47 Å². The second-order valence-corrected chi connectivity index (χ2v) is 6.63. The van der Waals surface area contributed by atoms with Gasteiger partial charge in [0.25, 0.3) is 0 Å². The number of hydrogen-bond acceptors (Lipinski definition) is 5. The normalized spacial score (nSPS) is 16.9. The monoisotopic (exact) mass is 383 g/mol. The molecule has 144 valence electrons. The van der Waals surface area contributed by atoms with Gasteiger partial charge in [0.15, 0.2) is 0 Å². The lowest BCUT2D eigenvalue weighted by atomic mass is 10.0. The van der Waals surface area contributed by atoms with E-state index in [0.29, 0.717) is 6.54 Å². The molecule has 0 aliphatic carbocycles. The maximum absolute atomic E-state index is 13.1. The van der Waals surface area contributed by atoms with Crippen LogP contribution in [0.4, 0.5) is 10.2 Å². The third-order valence-corrected chi connectivity index (χ3v) is 4.67. The van der Waals surface area contributed by atoms with Gasteiger partial charge in [-0.2, -0.15) is 0 Å². The number of imidazole rings is 1. The van der Waals surface area contributed by atoms with Crippen molar-refractivity contribution in [3.8, 4) is 17.1 Å². The van der Waals surface area contributed by atoms with Crippen LogP contribution in [0.3, 0.4) is 0 Å². The first-order valence-corrected chi connectivity index (χ1v) is 8.85. The molecule has 0 spiro atoms. The molecule has 8 heteroatoms. The highest BCUT2D eigenvalue weighted by molar-refractivity contribution is 5.63. The van der Waals surface area contributed by atoms with Crippen LogP contribution >= 0.6 is 0 Å². The molecule has 0 bridgehead atoms. The van der Waals surface area contributed by atoms with Gasteiger partial charge in [0.05, 0.1) is 12.6 Å². The van der Waals surface area contributed by atoms with E-state index in [1.807, 2.05) is 31.2 Å². The molecule has 0 N–H and O–H groups in total. The average Bonchev–Trinajstić information content (AvgIpc) is 3.12. The largest absolute Gasteiger partial charge is 0.443 e. The van der Waals surface area contributed by atoms with E-state index in [1.165, 1.54) is 18.3 Å². The van der Waals surface area contributed by atoms with Crippen LogP contribution in [0.1, 0.15) is 18.6 Å². The molecule has 0 radical (unpaired) electrons. The minimum absolute atomic E-state index is 0.184. The van der Waals surface area contributed by atoms with Gasteiger partial charge >= 0.3 is 11.8 Å². The number of benzene rings is 2. The van der Waals surface area contributed by atoms with Crippen molar-refractivity contribution in [3.63, 3.8) is 0 Å².